The van der Waals surface area contributed by atoms with Gasteiger partial charge in [0.1, 0.15) is 6.10 Å². The van der Waals surface area contributed by atoms with E-state index in [0.29, 0.717) is 16.9 Å². The molecule has 24 heavy (non-hydrogen) atoms. The van der Waals surface area contributed by atoms with Crippen molar-refractivity contribution in [1.29, 1.82) is 0 Å². The number of nitrogens with one attached hydrogen (secondary N) is 1. The van der Waals surface area contributed by atoms with E-state index in [0.717, 1.165) is 0 Å². The third-order valence-electron chi connectivity index (χ3n) is 3.29. The van der Waals surface area contributed by atoms with E-state index in [9.17, 15) is 14.4 Å². The lowest BCUT2D eigenvalue weighted by Crippen LogP contribution is -2.31. The second kappa shape index (κ2) is 8.19. The molecule has 2 unspecified atom stereocenters. The molecule has 0 saturated carbocycles. The smallest absolute Gasteiger partial charge is 0.347 e. The van der Waals surface area contributed by atoms with Crippen molar-refractivity contribution in [2.45, 2.75) is 50.3 Å². The fraction of sp³-hybridized carbons (Fsp3) is 0.471. The number of hydrogen-bond donors (Lipinski definition) is 1. The molecule has 2 rings (SSSR count). The van der Waals surface area contributed by atoms with Gasteiger partial charge in [0.15, 0.2) is 0 Å². The van der Waals surface area contributed by atoms with Crippen LogP contribution >= 0.6 is 11.8 Å². The molecule has 1 fully saturated rings. The number of amides is 1. The van der Waals surface area contributed by atoms with Crippen LogP contribution in [0.4, 0.5) is 0 Å². The Morgan fingerprint density at radius 3 is 2.71 bits per heavy atom. The zero-order valence-corrected chi connectivity index (χ0v) is 14.7. The Hall–Kier alpha value is -2.02. The molecule has 0 bridgehead atoms. The van der Waals surface area contributed by atoms with Crippen LogP contribution in [0.25, 0.3) is 0 Å². The van der Waals surface area contributed by atoms with Crippen molar-refractivity contribution in [1.82, 2.24) is 5.32 Å². The number of esters is 2. The number of benzene rings is 1. The van der Waals surface area contributed by atoms with Gasteiger partial charge in [0.2, 0.25) is 12.0 Å². The van der Waals surface area contributed by atoms with Crippen molar-refractivity contribution in [3.05, 3.63) is 29.8 Å². The maximum atomic E-state index is 12.4. The van der Waals surface area contributed by atoms with Crippen LogP contribution in [0.1, 0.15) is 37.6 Å². The van der Waals surface area contributed by atoms with Crippen LogP contribution in [0.5, 0.6) is 0 Å². The van der Waals surface area contributed by atoms with Crippen molar-refractivity contribution >= 4 is 29.6 Å². The summed E-state index contributed by atoms with van der Waals surface area (Å²) in [6.07, 6.45) is -0.758. The molecule has 0 aliphatic carbocycles. The van der Waals surface area contributed by atoms with Crippen LogP contribution < -0.4 is 5.32 Å². The molecule has 1 aliphatic rings. The summed E-state index contributed by atoms with van der Waals surface area (Å²) in [4.78, 5) is 36.3. The fourth-order valence-electron chi connectivity index (χ4n) is 2.28. The van der Waals surface area contributed by atoms with Crippen LogP contribution in [0.2, 0.25) is 0 Å². The normalized spacial score (nSPS) is 19.9. The lowest BCUT2D eigenvalue weighted by atomic mass is 10.2. The molecule has 2 atom stereocenters. The minimum absolute atomic E-state index is 0.0636. The summed E-state index contributed by atoms with van der Waals surface area (Å²) in [7, 11) is 0. The number of ether oxygens (including phenoxy) is 2. The average Bonchev–Trinajstić information content (AvgIpc) is 2.82. The number of hydrogen-bond acceptors (Lipinski definition) is 6. The third kappa shape index (κ3) is 4.99. The molecule has 1 aliphatic heterocycles. The van der Waals surface area contributed by atoms with Crippen molar-refractivity contribution in [2.24, 2.45) is 0 Å². The minimum Gasteiger partial charge on any atom is -0.460 e. The van der Waals surface area contributed by atoms with Gasteiger partial charge < -0.3 is 14.8 Å². The Balaban J connectivity index is 2.01. The lowest BCUT2D eigenvalue weighted by Gasteiger charge is -2.12. The van der Waals surface area contributed by atoms with Crippen molar-refractivity contribution in [3.8, 4) is 0 Å². The second-order valence-corrected chi connectivity index (χ2v) is 6.90. The Labute approximate surface area is 145 Å². The predicted molar refractivity (Wildman–Crippen MR) is 89.8 cm³/mol. The van der Waals surface area contributed by atoms with Gasteiger partial charge in [-0.25, -0.2) is 9.59 Å². The molecule has 1 heterocycles. The minimum atomic E-state index is -0.866. The molecule has 1 N–H and O–H groups in total. The number of carbonyl (C=O) groups excluding carboxylic acids is 3. The molecule has 1 saturated heterocycles. The number of cyclic esters (lactones) is 1. The molecule has 0 aromatic heterocycles. The van der Waals surface area contributed by atoms with Gasteiger partial charge in [-0.3, -0.25) is 4.79 Å². The summed E-state index contributed by atoms with van der Waals surface area (Å²) in [5.41, 5.74) is 0.340. The highest BCUT2D eigenvalue weighted by Crippen LogP contribution is 2.25. The first-order chi connectivity index (χ1) is 11.4. The largest absolute Gasteiger partial charge is 0.460 e. The first-order valence-corrected chi connectivity index (χ1v) is 8.78. The van der Waals surface area contributed by atoms with Gasteiger partial charge in [-0.05, 0) is 32.9 Å². The van der Waals surface area contributed by atoms with Gasteiger partial charge in [0.05, 0.1) is 11.3 Å². The molecular formula is C17H21NO5S. The lowest BCUT2D eigenvalue weighted by molar-refractivity contribution is -0.147. The summed E-state index contributed by atoms with van der Waals surface area (Å²) < 4.78 is 10.2. The van der Waals surface area contributed by atoms with Crippen molar-refractivity contribution < 1.29 is 23.9 Å². The summed E-state index contributed by atoms with van der Waals surface area (Å²) in [6, 6.07) is 6.93. The standard InChI is InChI=1S/C17H21NO5S/c1-10(2)18-15(19)9-24-14-7-5-4-6-12(14)16(20)23-13-8-11(3)22-17(13)21/h4-7,10-11,13H,8-9H2,1-3H3,(H,18,19). The van der Waals surface area contributed by atoms with Gasteiger partial charge in [-0.1, -0.05) is 12.1 Å². The monoisotopic (exact) mass is 351 g/mol. The Morgan fingerprint density at radius 2 is 2.08 bits per heavy atom. The highest BCUT2D eigenvalue weighted by Gasteiger charge is 2.35. The highest BCUT2D eigenvalue weighted by atomic mass is 32.2. The second-order valence-electron chi connectivity index (χ2n) is 5.88. The molecule has 1 aromatic carbocycles. The zero-order valence-electron chi connectivity index (χ0n) is 13.9. The van der Waals surface area contributed by atoms with Crippen LogP contribution in [-0.4, -0.2) is 41.8 Å². The predicted octanol–water partition coefficient (Wildman–Crippen LogP) is 2.16. The Kier molecular flexibility index (Phi) is 6.25. The van der Waals surface area contributed by atoms with Gasteiger partial charge in [-0.15, -0.1) is 11.8 Å². The number of rotatable bonds is 6. The molecule has 7 heteroatoms. The van der Waals surface area contributed by atoms with Crippen molar-refractivity contribution in [2.75, 3.05) is 5.75 Å². The molecule has 0 spiro atoms. The highest BCUT2D eigenvalue weighted by molar-refractivity contribution is 8.00. The number of thioether (sulfide) groups is 1. The summed E-state index contributed by atoms with van der Waals surface area (Å²) in [5, 5.41) is 2.79. The van der Waals surface area contributed by atoms with Gasteiger partial charge in [0, 0.05) is 17.4 Å². The molecule has 1 aromatic rings. The van der Waals surface area contributed by atoms with Gasteiger partial charge in [0.25, 0.3) is 0 Å². The summed E-state index contributed by atoms with van der Waals surface area (Å²) >= 11 is 1.26. The molecule has 6 nitrogen and oxygen atoms in total. The van der Waals surface area contributed by atoms with E-state index in [1.807, 2.05) is 13.8 Å². The first kappa shape index (κ1) is 18.3. The van der Waals surface area contributed by atoms with Crippen LogP contribution in [0, 0.1) is 0 Å². The quantitative estimate of drug-likeness (QED) is 0.625. The summed E-state index contributed by atoms with van der Waals surface area (Å²) in [6.45, 7) is 5.52. The van der Waals surface area contributed by atoms with E-state index >= 15 is 0 Å². The van der Waals surface area contributed by atoms with E-state index in [1.54, 1.807) is 31.2 Å². The zero-order chi connectivity index (χ0) is 17.7. The van der Waals surface area contributed by atoms with Crippen molar-refractivity contribution in [3.63, 3.8) is 0 Å². The van der Waals surface area contributed by atoms with E-state index in [4.69, 9.17) is 9.47 Å². The molecule has 1 amide bonds. The maximum Gasteiger partial charge on any atom is 0.347 e. The van der Waals surface area contributed by atoms with Gasteiger partial charge in [-0.2, -0.15) is 0 Å². The van der Waals surface area contributed by atoms with Crippen LogP contribution in [-0.2, 0) is 19.1 Å². The first-order valence-electron chi connectivity index (χ1n) is 7.79. The maximum absolute atomic E-state index is 12.4. The van der Waals surface area contributed by atoms with Gasteiger partial charge >= 0.3 is 11.9 Å². The Morgan fingerprint density at radius 1 is 1.38 bits per heavy atom. The Bertz CT molecular complexity index is 631. The number of carbonyl (C=O) groups is 3. The average molecular weight is 351 g/mol. The van der Waals surface area contributed by atoms with E-state index in [-0.39, 0.29) is 23.8 Å². The molecular weight excluding hydrogens is 330 g/mol. The molecule has 130 valence electrons. The third-order valence-corrected chi connectivity index (χ3v) is 4.36. The van der Waals surface area contributed by atoms with E-state index in [1.165, 1.54) is 11.8 Å². The fourth-order valence-corrected chi connectivity index (χ4v) is 3.13. The van der Waals surface area contributed by atoms with Crippen LogP contribution in [0.3, 0.4) is 0 Å². The SMILES string of the molecule is CC(C)NC(=O)CSc1ccccc1C(=O)OC1CC(C)OC1=O. The summed E-state index contributed by atoms with van der Waals surface area (Å²) in [5.74, 6) is -1.01. The molecule has 0 radical (unpaired) electrons. The van der Waals surface area contributed by atoms with Crippen LogP contribution in [0.15, 0.2) is 29.2 Å². The van der Waals surface area contributed by atoms with E-state index < -0.39 is 18.0 Å². The van der Waals surface area contributed by atoms with E-state index in [2.05, 4.69) is 5.32 Å². The topological polar surface area (TPSA) is 81.7 Å².